The van der Waals surface area contributed by atoms with Gasteiger partial charge in [0.1, 0.15) is 12.4 Å². The van der Waals surface area contributed by atoms with Gasteiger partial charge in [-0.3, -0.25) is 4.79 Å². The lowest BCUT2D eigenvalue weighted by atomic mass is 10.1. The molecule has 0 unspecified atom stereocenters. The van der Waals surface area contributed by atoms with Crippen LogP contribution >= 0.6 is 0 Å². The van der Waals surface area contributed by atoms with Gasteiger partial charge < -0.3 is 15.4 Å². The van der Waals surface area contributed by atoms with Gasteiger partial charge in [0, 0.05) is 13.1 Å². The summed E-state index contributed by atoms with van der Waals surface area (Å²) in [6.45, 7) is 3.01. The molecule has 0 spiro atoms. The molecule has 0 aliphatic carbocycles. The smallest absolute Gasteiger partial charge is 0.224 e. The van der Waals surface area contributed by atoms with Crippen molar-refractivity contribution in [2.24, 2.45) is 5.92 Å². The number of amides is 1. The summed E-state index contributed by atoms with van der Waals surface area (Å²) in [5.41, 5.74) is 2.36. The van der Waals surface area contributed by atoms with E-state index in [1.165, 1.54) is 5.56 Å². The quantitative estimate of drug-likeness (QED) is 0.823. The van der Waals surface area contributed by atoms with Crippen molar-refractivity contribution in [3.8, 4) is 5.75 Å². The molecule has 24 heavy (non-hydrogen) atoms. The fourth-order valence-electron chi connectivity index (χ4n) is 2.85. The fraction of sp³-hybridized carbons (Fsp3) is 0.350. The molecular weight excluding hydrogens is 300 g/mol. The zero-order valence-corrected chi connectivity index (χ0v) is 13.8. The Bertz CT molecular complexity index is 634. The molecule has 4 heteroatoms. The van der Waals surface area contributed by atoms with Gasteiger partial charge in [0.25, 0.3) is 0 Å². The number of ether oxygens (including phenoxy) is 1. The van der Waals surface area contributed by atoms with E-state index >= 15 is 0 Å². The first kappa shape index (κ1) is 16.5. The summed E-state index contributed by atoms with van der Waals surface area (Å²) < 4.78 is 5.78. The summed E-state index contributed by atoms with van der Waals surface area (Å²) in [5.74, 6) is 1.17. The van der Waals surface area contributed by atoms with E-state index in [1.807, 2.05) is 30.3 Å². The summed E-state index contributed by atoms with van der Waals surface area (Å²) >= 11 is 0. The average molecular weight is 324 g/mol. The maximum absolute atomic E-state index is 11.9. The second-order valence-electron chi connectivity index (χ2n) is 6.15. The van der Waals surface area contributed by atoms with E-state index in [0.29, 0.717) is 13.2 Å². The van der Waals surface area contributed by atoms with E-state index in [4.69, 9.17) is 4.74 Å². The molecule has 0 aromatic heterocycles. The molecule has 2 aromatic carbocycles. The highest BCUT2D eigenvalue weighted by Crippen LogP contribution is 2.14. The predicted octanol–water partition coefficient (Wildman–Crippen LogP) is 2.53. The van der Waals surface area contributed by atoms with Crippen LogP contribution in [0.15, 0.2) is 54.6 Å². The van der Waals surface area contributed by atoms with Gasteiger partial charge >= 0.3 is 0 Å². The lowest BCUT2D eigenvalue weighted by Crippen LogP contribution is -2.33. The molecule has 1 amide bonds. The van der Waals surface area contributed by atoms with Gasteiger partial charge in [-0.15, -0.1) is 0 Å². The molecule has 1 fully saturated rings. The average Bonchev–Trinajstić information content (AvgIpc) is 3.17. The van der Waals surface area contributed by atoms with Gasteiger partial charge in [-0.05, 0) is 42.6 Å². The van der Waals surface area contributed by atoms with Crippen LogP contribution < -0.4 is 15.4 Å². The van der Waals surface area contributed by atoms with Crippen molar-refractivity contribution in [3.63, 3.8) is 0 Å². The van der Waals surface area contributed by atoms with E-state index in [-0.39, 0.29) is 11.8 Å². The number of benzene rings is 2. The lowest BCUT2D eigenvalue weighted by Gasteiger charge is -2.10. The standard InChI is InChI=1S/C20H24N2O2/c23-20(18-11-12-21-14-18)22-13-10-16-6-8-19(9-7-16)24-15-17-4-2-1-3-5-17/h1-9,18,21H,10-15H2,(H,22,23)/t18-/m1/s1. The molecule has 0 radical (unpaired) electrons. The number of rotatable bonds is 7. The van der Waals surface area contributed by atoms with Crippen LogP contribution in [0, 0.1) is 5.92 Å². The summed E-state index contributed by atoms with van der Waals surface area (Å²) in [5, 5.41) is 6.24. The van der Waals surface area contributed by atoms with Gasteiger partial charge in [0.2, 0.25) is 5.91 Å². The first-order valence-corrected chi connectivity index (χ1v) is 8.55. The molecule has 126 valence electrons. The van der Waals surface area contributed by atoms with Crippen LogP contribution in [0.4, 0.5) is 0 Å². The van der Waals surface area contributed by atoms with Crippen LogP contribution in [0.5, 0.6) is 5.75 Å². The van der Waals surface area contributed by atoms with Crippen molar-refractivity contribution in [1.29, 1.82) is 0 Å². The summed E-state index contributed by atoms with van der Waals surface area (Å²) in [6, 6.07) is 18.2. The van der Waals surface area contributed by atoms with E-state index in [1.54, 1.807) is 0 Å². The molecule has 1 aliphatic rings. The monoisotopic (exact) mass is 324 g/mol. The van der Waals surface area contributed by atoms with Crippen molar-refractivity contribution < 1.29 is 9.53 Å². The van der Waals surface area contributed by atoms with Crippen molar-refractivity contribution in [2.75, 3.05) is 19.6 Å². The number of nitrogens with one attached hydrogen (secondary N) is 2. The highest BCUT2D eigenvalue weighted by molar-refractivity contribution is 5.79. The second-order valence-corrected chi connectivity index (χ2v) is 6.15. The maximum Gasteiger partial charge on any atom is 0.224 e. The molecule has 4 nitrogen and oxygen atoms in total. The topological polar surface area (TPSA) is 50.4 Å². The first-order valence-electron chi connectivity index (χ1n) is 8.55. The minimum atomic E-state index is 0.138. The predicted molar refractivity (Wildman–Crippen MR) is 94.9 cm³/mol. The molecule has 1 saturated heterocycles. The normalized spacial score (nSPS) is 16.8. The summed E-state index contributed by atoms with van der Waals surface area (Å²) in [7, 11) is 0. The Labute approximate surface area is 143 Å². The number of hydrogen-bond acceptors (Lipinski definition) is 3. The summed E-state index contributed by atoms with van der Waals surface area (Å²) in [6.07, 6.45) is 1.78. The minimum absolute atomic E-state index is 0.138. The Hall–Kier alpha value is -2.33. The van der Waals surface area contributed by atoms with Crippen molar-refractivity contribution in [2.45, 2.75) is 19.4 Å². The number of carbonyl (C=O) groups is 1. The molecular formula is C20H24N2O2. The van der Waals surface area contributed by atoms with E-state index in [9.17, 15) is 4.79 Å². The van der Waals surface area contributed by atoms with Crippen LogP contribution in [-0.2, 0) is 17.8 Å². The van der Waals surface area contributed by atoms with E-state index in [2.05, 4.69) is 34.9 Å². The van der Waals surface area contributed by atoms with E-state index in [0.717, 1.165) is 37.2 Å². The van der Waals surface area contributed by atoms with Gasteiger partial charge in [-0.2, -0.15) is 0 Å². The first-order chi connectivity index (χ1) is 11.8. The zero-order chi connectivity index (χ0) is 16.6. The molecule has 1 aliphatic heterocycles. The molecule has 1 atom stereocenters. The summed E-state index contributed by atoms with van der Waals surface area (Å²) in [4.78, 5) is 11.9. The molecule has 2 aromatic rings. The Morgan fingerprint density at radius 2 is 1.88 bits per heavy atom. The van der Waals surface area contributed by atoms with Crippen molar-refractivity contribution in [3.05, 3.63) is 65.7 Å². The van der Waals surface area contributed by atoms with Crippen LogP contribution in [0.25, 0.3) is 0 Å². The second kappa shape index (κ2) is 8.50. The highest BCUT2D eigenvalue weighted by Gasteiger charge is 2.21. The Morgan fingerprint density at radius 3 is 2.58 bits per heavy atom. The van der Waals surface area contributed by atoms with E-state index < -0.39 is 0 Å². The largest absolute Gasteiger partial charge is 0.489 e. The third-order valence-corrected chi connectivity index (χ3v) is 4.32. The number of hydrogen-bond donors (Lipinski definition) is 2. The Balaban J connectivity index is 1.40. The zero-order valence-electron chi connectivity index (χ0n) is 13.8. The molecule has 0 saturated carbocycles. The van der Waals surface area contributed by atoms with Gasteiger partial charge in [-0.1, -0.05) is 42.5 Å². The third-order valence-electron chi connectivity index (χ3n) is 4.32. The van der Waals surface area contributed by atoms with Crippen LogP contribution in [0.2, 0.25) is 0 Å². The van der Waals surface area contributed by atoms with Crippen molar-refractivity contribution in [1.82, 2.24) is 10.6 Å². The molecule has 3 rings (SSSR count). The Morgan fingerprint density at radius 1 is 1.08 bits per heavy atom. The molecule has 1 heterocycles. The molecule has 0 bridgehead atoms. The molecule has 2 N–H and O–H groups in total. The lowest BCUT2D eigenvalue weighted by molar-refractivity contribution is -0.124. The Kier molecular flexibility index (Phi) is 5.85. The van der Waals surface area contributed by atoms with Crippen molar-refractivity contribution >= 4 is 5.91 Å². The fourth-order valence-corrected chi connectivity index (χ4v) is 2.85. The van der Waals surface area contributed by atoms with Gasteiger partial charge in [0.05, 0.1) is 5.92 Å². The SMILES string of the molecule is O=C(NCCc1ccc(OCc2ccccc2)cc1)[C@@H]1CCNC1. The van der Waals surface area contributed by atoms with Gasteiger partial charge in [0.15, 0.2) is 0 Å². The number of carbonyl (C=O) groups excluding carboxylic acids is 1. The minimum Gasteiger partial charge on any atom is -0.489 e. The van der Waals surface area contributed by atoms with Crippen LogP contribution in [-0.4, -0.2) is 25.5 Å². The highest BCUT2D eigenvalue weighted by atomic mass is 16.5. The van der Waals surface area contributed by atoms with Crippen LogP contribution in [0.3, 0.4) is 0 Å². The maximum atomic E-state index is 11.9. The third kappa shape index (κ3) is 4.83. The van der Waals surface area contributed by atoms with Crippen LogP contribution in [0.1, 0.15) is 17.5 Å². The van der Waals surface area contributed by atoms with Gasteiger partial charge in [-0.25, -0.2) is 0 Å².